The smallest absolute Gasteiger partial charge is 0.330 e. The molecular formula is C14H26O6. The summed E-state index contributed by atoms with van der Waals surface area (Å²) in [6, 6.07) is 0. The molecule has 0 radical (unpaired) electrons. The van der Waals surface area contributed by atoms with Gasteiger partial charge in [-0.25, -0.2) is 9.59 Å². The van der Waals surface area contributed by atoms with Crippen LogP contribution in [0.15, 0.2) is 24.3 Å². The molecule has 6 heteroatoms. The average molecular weight is 290 g/mol. The van der Waals surface area contributed by atoms with Gasteiger partial charge in [-0.3, -0.25) is 0 Å². The third-order valence-electron chi connectivity index (χ3n) is 1.61. The molecule has 3 N–H and O–H groups in total. The van der Waals surface area contributed by atoms with E-state index in [1.165, 1.54) is 13.8 Å². The zero-order valence-electron chi connectivity index (χ0n) is 12.5. The lowest BCUT2D eigenvalue weighted by Gasteiger charge is -1.97. The van der Waals surface area contributed by atoms with Crippen LogP contribution >= 0.6 is 0 Å². The number of hydrogen-bond acceptors (Lipinski definition) is 4. The molecule has 0 atom stereocenters. The molecule has 0 aliphatic carbocycles. The van der Waals surface area contributed by atoms with E-state index in [-0.39, 0.29) is 17.8 Å². The number of carboxylic acid groups (broad SMARTS) is 2. The van der Waals surface area contributed by atoms with Crippen molar-refractivity contribution in [3.8, 4) is 0 Å². The summed E-state index contributed by atoms with van der Waals surface area (Å²) < 4.78 is 4.97. The third kappa shape index (κ3) is 29.9. The fraction of sp³-hybridized carbons (Fsp3) is 0.571. The van der Waals surface area contributed by atoms with Gasteiger partial charge in [0, 0.05) is 17.8 Å². The Hall–Kier alpha value is -1.66. The van der Waals surface area contributed by atoms with Crippen LogP contribution in [0.1, 0.15) is 33.6 Å². The number of aliphatic carboxylic acids is 2. The molecule has 0 unspecified atom stereocenters. The Morgan fingerprint density at radius 2 is 1.35 bits per heavy atom. The third-order valence-corrected chi connectivity index (χ3v) is 1.61. The normalized spacial score (nSPS) is 8.40. The molecule has 0 amide bonds. The molecule has 0 heterocycles. The summed E-state index contributed by atoms with van der Waals surface area (Å²) in [5, 5.41) is 24.0. The number of rotatable bonds is 7. The summed E-state index contributed by atoms with van der Waals surface area (Å²) in [6.07, 6.45) is 2.26. The molecule has 20 heavy (non-hydrogen) atoms. The lowest BCUT2D eigenvalue weighted by molar-refractivity contribution is -0.133. The highest BCUT2D eigenvalue weighted by atomic mass is 16.5. The predicted molar refractivity (Wildman–Crippen MR) is 77.7 cm³/mol. The van der Waals surface area contributed by atoms with E-state index >= 15 is 0 Å². The maximum absolute atomic E-state index is 9.60. The monoisotopic (exact) mass is 290 g/mol. The van der Waals surface area contributed by atoms with E-state index in [0.717, 1.165) is 19.4 Å². The van der Waals surface area contributed by atoms with Crippen molar-refractivity contribution >= 4 is 11.9 Å². The lowest BCUT2D eigenvalue weighted by Crippen LogP contribution is -1.99. The second-order valence-electron chi connectivity index (χ2n) is 3.86. The van der Waals surface area contributed by atoms with Crippen molar-refractivity contribution in [3.63, 3.8) is 0 Å². The summed E-state index contributed by atoms with van der Waals surface area (Å²) in [5.41, 5.74) is 0.352. The van der Waals surface area contributed by atoms with Gasteiger partial charge >= 0.3 is 11.9 Å². The van der Waals surface area contributed by atoms with Crippen LogP contribution in [-0.2, 0) is 14.3 Å². The topological polar surface area (TPSA) is 104 Å². The summed E-state index contributed by atoms with van der Waals surface area (Å²) in [5.74, 6) is -1.87. The van der Waals surface area contributed by atoms with E-state index in [4.69, 9.17) is 20.1 Å². The largest absolute Gasteiger partial charge is 0.478 e. The predicted octanol–water partition coefficient (Wildman–Crippen LogP) is 2.09. The van der Waals surface area contributed by atoms with Gasteiger partial charge in [0.25, 0.3) is 0 Å². The summed E-state index contributed by atoms with van der Waals surface area (Å²) in [4.78, 5) is 19.2. The highest BCUT2D eigenvalue weighted by molar-refractivity contribution is 5.85. The number of aliphatic hydroxyl groups is 1. The van der Waals surface area contributed by atoms with Crippen molar-refractivity contribution in [3.05, 3.63) is 24.3 Å². The Morgan fingerprint density at radius 3 is 1.55 bits per heavy atom. The zero-order valence-corrected chi connectivity index (χ0v) is 12.5. The van der Waals surface area contributed by atoms with Crippen molar-refractivity contribution in [2.75, 3.05) is 19.8 Å². The van der Waals surface area contributed by atoms with Gasteiger partial charge in [-0.05, 0) is 20.3 Å². The number of hydrogen-bond donors (Lipinski definition) is 3. The van der Waals surface area contributed by atoms with E-state index in [0.29, 0.717) is 6.61 Å². The number of carboxylic acids is 2. The van der Waals surface area contributed by atoms with Crippen LogP contribution in [0.4, 0.5) is 0 Å². The van der Waals surface area contributed by atoms with Crippen molar-refractivity contribution in [2.24, 2.45) is 0 Å². The van der Waals surface area contributed by atoms with E-state index in [1.807, 2.05) is 0 Å². The fourth-order valence-corrected chi connectivity index (χ4v) is 0.413. The summed E-state index contributed by atoms with van der Waals surface area (Å²) in [6.45, 7) is 12.7. The summed E-state index contributed by atoms with van der Waals surface area (Å²) in [7, 11) is 0. The Balaban J connectivity index is -0.000000221. The van der Waals surface area contributed by atoms with Gasteiger partial charge in [0.15, 0.2) is 0 Å². The van der Waals surface area contributed by atoms with Gasteiger partial charge in [0.2, 0.25) is 0 Å². The molecule has 0 spiro atoms. The van der Waals surface area contributed by atoms with Crippen LogP contribution < -0.4 is 0 Å². The molecule has 0 rings (SSSR count). The Labute approximate surface area is 120 Å². The number of unbranched alkanes of at least 4 members (excludes halogenated alkanes) is 1. The highest BCUT2D eigenvalue weighted by Crippen LogP contribution is 1.86. The Bertz CT molecular complexity index is 242. The first kappa shape index (κ1) is 23.4. The minimum absolute atomic E-state index is 0.143. The SMILES string of the molecule is C=C(C)C(=O)O.C=C(C)C(=O)O.CCCCOCCO. The summed E-state index contributed by atoms with van der Waals surface area (Å²) >= 11 is 0. The first-order valence-corrected chi connectivity index (χ1v) is 6.16. The van der Waals surface area contributed by atoms with Gasteiger partial charge in [-0.15, -0.1) is 0 Å². The van der Waals surface area contributed by atoms with Gasteiger partial charge in [-0.1, -0.05) is 26.5 Å². The molecule has 0 aromatic carbocycles. The molecule has 0 aliphatic heterocycles. The maximum atomic E-state index is 9.60. The van der Waals surface area contributed by atoms with Crippen LogP contribution in [-0.4, -0.2) is 47.1 Å². The lowest BCUT2D eigenvalue weighted by atomic mass is 10.4. The van der Waals surface area contributed by atoms with Crippen molar-refractivity contribution in [1.82, 2.24) is 0 Å². The zero-order chi connectivity index (χ0) is 16.6. The first-order chi connectivity index (χ1) is 9.20. The average Bonchev–Trinajstić information content (AvgIpc) is 2.36. The van der Waals surface area contributed by atoms with E-state index in [1.54, 1.807) is 0 Å². The highest BCUT2D eigenvalue weighted by Gasteiger charge is 1.90. The molecule has 0 aromatic rings. The van der Waals surface area contributed by atoms with Crippen LogP contribution in [0.25, 0.3) is 0 Å². The number of aliphatic hydroxyl groups excluding tert-OH is 1. The fourth-order valence-electron chi connectivity index (χ4n) is 0.413. The van der Waals surface area contributed by atoms with Crippen LogP contribution in [0.5, 0.6) is 0 Å². The molecule has 0 aromatic heterocycles. The van der Waals surface area contributed by atoms with E-state index < -0.39 is 11.9 Å². The van der Waals surface area contributed by atoms with Crippen molar-refractivity contribution in [2.45, 2.75) is 33.6 Å². The van der Waals surface area contributed by atoms with Gasteiger partial charge in [0.05, 0.1) is 13.2 Å². The quantitative estimate of drug-likeness (QED) is 0.490. The molecule has 0 saturated carbocycles. The van der Waals surface area contributed by atoms with Crippen molar-refractivity contribution < 1.29 is 29.6 Å². The second kappa shape index (κ2) is 17.3. The Morgan fingerprint density at radius 1 is 1.00 bits per heavy atom. The molecular weight excluding hydrogens is 264 g/mol. The number of carbonyl (C=O) groups is 2. The van der Waals surface area contributed by atoms with Crippen LogP contribution in [0.2, 0.25) is 0 Å². The molecule has 118 valence electrons. The van der Waals surface area contributed by atoms with E-state index in [9.17, 15) is 9.59 Å². The molecule has 0 aliphatic rings. The van der Waals surface area contributed by atoms with Gasteiger partial charge < -0.3 is 20.1 Å². The minimum atomic E-state index is -0.935. The molecule has 0 fully saturated rings. The maximum Gasteiger partial charge on any atom is 0.330 e. The minimum Gasteiger partial charge on any atom is -0.478 e. The van der Waals surface area contributed by atoms with Crippen molar-refractivity contribution in [1.29, 1.82) is 0 Å². The van der Waals surface area contributed by atoms with E-state index in [2.05, 4.69) is 20.1 Å². The Kier molecular flexibility index (Phi) is 20.3. The van der Waals surface area contributed by atoms with Crippen LogP contribution in [0, 0.1) is 0 Å². The van der Waals surface area contributed by atoms with Gasteiger partial charge in [0.1, 0.15) is 0 Å². The standard InChI is InChI=1S/C6H14O2.2C4H6O2/c1-2-3-5-8-6-4-7;2*1-3(2)4(5)6/h7H,2-6H2,1H3;2*1H2,2H3,(H,5,6). The number of ether oxygens (including phenoxy) is 1. The first-order valence-electron chi connectivity index (χ1n) is 6.16. The van der Waals surface area contributed by atoms with Gasteiger partial charge in [-0.2, -0.15) is 0 Å². The second-order valence-corrected chi connectivity index (χ2v) is 3.86. The molecule has 6 nitrogen and oxygen atoms in total. The molecule has 0 bridgehead atoms. The molecule has 0 saturated heterocycles. The van der Waals surface area contributed by atoms with Crippen LogP contribution in [0.3, 0.4) is 0 Å².